The van der Waals surface area contributed by atoms with Gasteiger partial charge in [0.25, 0.3) is 5.95 Å². The molecule has 0 aliphatic heterocycles. The number of nitrogens with one attached hydrogen (secondary N) is 2. The van der Waals surface area contributed by atoms with Crippen molar-refractivity contribution in [3.63, 3.8) is 0 Å². The molecule has 0 aliphatic carbocycles. The van der Waals surface area contributed by atoms with Crippen molar-refractivity contribution in [3.8, 4) is 5.95 Å². The summed E-state index contributed by atoms with van der Waals surface area (Å²) < 4.78 is 3.36. The van der Waals surface area contributed by atoms with Gasteiger partial charge in [0, 0.05) is 25.5 Å². The molecule has 3 aromatic heterocycles. The summed E-state index contributed by atoms with van der Waals surface area (Å²) in [7, 11) is 0. The third-order valence-corrected chi connectivity index (χ3v) is 2.59. The van der Waals surface area contributed by atoms with Crippen LogP contribution in [-0.4, -0.2) is 45.8 Å². The van der Waals surface area contributed by atoms with Gasteiger partial charge in [-0.15, -0.1) is 0 Å². The number of nitrogens with two attached hydrogens (primary N) is 1. The van der Waals surface area contributed by atoms with Gasteiger partial charge in [-0.3, -0.25) is 5.43 Å². The monoisotopic (exact) mass is 287 g/mol. The molecule has 3 aromatic rings. The van der Waals surface area contributed by atoms with E-state index < -0.39 is 0 Å². The van der Waals surface area contributed by atoms with Crippen LogP contribution in [0, 0.1) is 0 Å². The van der Waals surface area contributed by atoms with Crippen LogP contribution in [0.2, 0.25) is 0 Å². The zero-order valence-corrected chi connectivity index (χ0v) is 11.0. The molecule has 11 nitrogen and oxygen atoms in total. The van der Waals surface area contributed by atoms with Crippen LogP contribution in [0.25, 0.3) is 5.95 Å². The van der Waals surface area contributed by atoms with Gasteiger partial charge in [-0.2, -0.15) is 24.7 Å². The predicted molar refractivity (Wildman–Crippen MR) is 73.3 cm³/mol. The van der Waals surface area contributed by atoms with Gasteiger partial charge >= 0.3 is 0 Å². The number of imidazole rings is 1. The van der Waals surface area contributed by atoms with Crippen LogP contribution in [0.3, 0.4) is 0 Å². The normalized spacial score (nSPS) is 10.5. The third-order valence-electron chi connectivity index (χ3n) is 2.59. The number of aromatic nitrogens is 8. The Kier molecular flexibility index (Phi) is 3.64. The molecule has 0 radical (unpaired) electrons. The van der Waals surface area contributed by atoms with Gasteiger partial charge in [0.15, 0.2) is 0 Å². The first-order valence-corrected chi connectivity index (χ1v) is 6.12. The Bertz CT molecular complexity index is 675. The van der Waals surface area contributed by atoms with Crippen molar-refractivity contribution in [2.75, 3.05) is 17.3 Å². The molecule has 3 heterocycles. The standard InChI is InChI=1S/C10H13N11/c11-19-9-16-8(14-2-4-20-3-1-12-6-20)17-10(18-9)21-7-13-5-15-21/h1,3,5-7H,2,4,11H2,(H2,14,16,17,18,19). The van der Waals surface area contributed by atoms with Crippen molar-refractivity contribution >= 4 is 11.9 Å². The van der Waals surface area contributed by atoms with E-state index in [9.17, 15) is 0 Å². The molecule has 4 N–H and O–H groups in total. The first-order valence-electron chi connectivity index (χ1n) is 6.12. The van der Waals surface area contributed by atoms with Crippen LogP contribution in [0.4, 0.5) is 11.9 Å². The van der Waals surface area contributed by atoms with E-state index >= 15 is 0 Å². The number of hydrazine groups is 1. The van der Waals surface area contributed by atoms with Crippen molar-refractivity contribution in [1.82, 2.24) is 39.3 Å². The minimum Gasteiger partial charge on any atom is -0.352 e. The first kappa shape index (κ1) is 12.9. The van der Waals surface area contributed by atoms with Crippen molar-refractivity contribution in [1.29, 1.82) is 0 Å². The molecule has 0 aromatic carbocycles. The van der Waals surface area contributed by atoms with Gasteiger partial charge < -0.3 is 9.88 Å². The maximum absolute atomic E-state index is 5.36. The molecule has 0 unspecified atom stereocenters. The van der Waals surface area contributed by atoms with Gasteiger partial charge in [0.1, 0.15) is 12.7 Å². The summed E-state index contributed by atoms with van der Waals surface area (Å²) >= 11 is 0. The van der Waals surface area contributed by atoms with Crippen LogP contribution >= 0.6 is 0 Å². The van der Waals surface area contributed by atoms with Gasteiger partial charge in [0.05, 0.1) is 6.33 Å². The van der Waals surface area contributed by atoms with E-state index in [-0.39, 0.29) is 5.95 Å². The molecule has 21 heavy (non-hydrogen) atoms. The molecule has 0 saturated heterocycles. The Balaban J connectivity index is 1.73. The summed E-state index contributed by atoms with van der Waals surface area (Å²) in [6.07, 6.45) is 8.23. The second-order valence-corrected chi connectivity index (χ2v) is 3.99. The first-order chi connectivity index (χ1) is 10.3. The van der Waals surface area contributed by atoms with Crippen LogP contribution < -0.4 is 16.6 Å². The lowest BCUT2D eigenvalue weighted by atomic mass is 10.6. The second kappa shape index (κ2) is 5.92. The Morgan fingerprint density at radius 3 is 2.71 bits per heavy atom. The Morgan fingerprint density at radius 1 is 1.10 bits per heavy atom. The maximum Gasteiger partial charge on any atom is 0.258 e. The molecular weight excluding hydrogens is 274 g/mol. The zero-order chi connectivity index (χ0) is 14.5. The molecule has 11 heteroatoms. The quantitative estimate of drug-likeness (QED) is 0.387. The minimum absolute atomic E-state index is 0.237. The van der Waals surface area contributed by atoms with Crippen molar-refractivity contribution in [2.24, 2.45) is 5.84 Å². The zero-order valence-electron chi connectivity index (χ0n) is 11.0. The second-order valence-electron chi connectivity index (χ2n) is 3.99. The smallest absolute Gasteiger partial charge is 0.258 e. The minimum atomic E-state index is 0.237. The molecule has 108 valence electrons. The summed E-state index contributed by atoms with van der Waals surface area (Å²) in [6, 6.07) is 0. The molecule has 3 rings (SSSR count). The van der Waals surface area contributed by atoms with E-state index in [1.165, 1.54) is 17.3 Å². The highest BCUT2D eigenvalue weighted by Gasteiger charge is 2.07. The molecular formula is C10H13N11. The third kappa shape index (κ3) is 3.09. The molecule has 0 aliphatic rings. The topological polar surface area (TPSA) is 137 Å². The molecule has 0 atom stereocenters. The largest absolute Gasteiger partial charge is 0.352 e. The van der Waals surface area contributed by atoms with Gasteiger partial charge in [0.2, 0.25) is 11.9 Å². The number of nitrogens with zero attached hydrogens (tertiary/aromatic N) is 8. The van der Waals surface area contributed by atoms with E-state index in [4.69, 9.17) is 5.84 Å². The lowest BCUT2D eigenvalue weighted by Crippen LogP contribution is -2.17. The molecule has 0 spiro atoms. The van der Waals surface area contributed by atoms with Gasteiger partial charge in [-0.25, -0.2) is 15.8 Å². The van der Waals surface area contributed by atoms with E-state index in [0.717, 1.165) is 6.54 Å². The van der Waals surface area contributed by atoms with Crippen molar-refractivity contribution < 1.29 is 0 Å². The van der Waals surface area contributed by atoms with Crippen LogP contribution in [0.1, 0.15) is 0 Å². The number of hydrogen-bond donors (Lipinski definition) is 3. The highest BCUT2D eigenvalue weighted by atomic mass is 15.4. The summed E-state index contributed by atoms with van der Waals surface area (Å²) in [6.45, 7) is 1.36. The van der Waals surface area contributed by atoms with E-state index in [1.54, 1.807) is 12.5 Å². The Labute approximate surface area is 119 Å². The summed E-state index contributed by atoms with van der Waals surface area (Å²) in [5.74, 6) is 6.31. The number of anilines is 2. The summed E-state index contributed by atoms with van der Waals surface area (Å²) in [5, 5.41) is 7.06. The molecule has 0 bridgehead atoms. The van der Waals surface area contributed by atoms with Crippen molar-refractivity contribution in [2.45, 2.75) is 6.54 Å². The van der Waals surface area contributed by atoms with Gasteiger partial charge in [-0.05, 0) is 0 Å². The summed E-state index contributed by atoms with van der Waals surface area (Å²) in [4.78, 5) is 20.3. The fourth-order valence-corrected chi connectivity index (χ4v) is 1.64. The lowest BCUT2D eigenvalue weighted by Gasteiger charge is -2.08. The number of rotatable bonds is 6. The van der Waals surface area contributed by atoms with Crippen molar-refractivity contribution in [3.05, 3.63) is 31.4 Å². The van der Waals surface area contributed by atoms with E-state index in [2.05, 4.69) is 40.8 Å². The molecule has 0 saturated carbocycles. The summed E-state index contributed by atoms with van der Waals surface area (Å²) in [5.41, 5.74) is 2.39. The average molecular weight is 287 g/mol. The lowest BCUT2D eigenvalue weighted by molar-refractivity contribution is 0.720. The number of hydrogen-bond acceptors (Lipinski definition) is 9. The average Bonchev–Trinajstić information content (AvgIpc) is 3.20. The number of nitrogen functional groups attached to an aromatic ring is 1. The van der Waals surface area contributed by atoms with Crippen LogP contribution in [0.5, 0.6) is 0 Å². The van der Waals surface area contributed by atoms with E-state index in [0.29, 0.717) is 18.4 Å². The highest BCUT2D eigenvalue weighted by Crippen LogP contribution is 2.07. The molecule has 0 fully saturated rings. The Hall–Kier alpha value is -3.08. The molecule has 0 amide bonds. The SMILES string of the molecule is NNc1nc(NCCn2ccnc2)nc(-n2cncn2)n1. The fraction of sp³-hybridized carbons (Fsp3) is 0.200. The predicted octanol–water partition coefficient (Wildman–Crippen LogP) is -0.954. The maximum atomic E-state index is 5.36. The fourth-order valence-electron chi connectivity index (χ4n) is 1.64. The highest BCUT2D eigenvalue weighted by molar-refractivity contribution is 5.36. The van der Waals surface area contributed by atoms with Gasteiger partial charge in [-0.1, -0.05) is 0 Å². The van der Waals surface area contributed by atoms with Crippen LogP contribution in [0.15, 0.2) is 31.4 Å². The Morgan fingerprint density at radius 2 is 2.00 bits per heavy atom. The van der Waals surface area contributed by atoms with E-state index in [1.807, 2.05) is 10.8 Å². The van der Waals surface area contributed by atoms with Crippen LogP contribution in [-0.2, 0) is 6.54 Å².